The maximum Gasteiger partial charge on any atom is 0.230 e. The molecule has 0 spiro atoms. The van der Waals surface area contributed by atoms with Gasteiger partial charge in [0.15, 0.2) is 0 Å². The topological polar surface area (TPSA) is 120 Å². The lowest BCUT2D eigenvalue weighted by molar-refractivity contribution is 0.113. The van der Waals surface area contributed by atoms with Gasteiger partial charge in [0.05, 0.1) is 0 Å². The molecule has 0 aromatic heterocycles. The van der Waals surface area contributed by atoms with E-state index in [4.69, 9.17) is 9.47 Å². The fourth-order valence-corrected chi connectivity index (χ4v) is 12.2. The van der Waals surface area contributed by atoms with E-state index < -0.39 is 0 Å². The zero-order valence-electron chi connectivity index (χ0n) is 55.3. The smallest absolute Gasteiger partial charge is 0.230 e. The van der Waals surface area contributed by atoms with Crippen molar-refractivity contribution >= 4 is 0 Å². The molecule has 85 heavy (non-hydrogen) atoms. The van der Waals surface area contributed by atoms with Crippen molar-refractivity contribution in [2.24, 2.45) is 0 Å². The highest BCUT2D eigenvalue weighted by molar-refractivity contribution is 5.62. The van der Waals surface area contributed by atoms with E-state index in [1.165, 1.54) is 0 Å². The van der Waals surface area contributed by atoms with Crippen LogP contribution in [0, 0.1) is 0 Å². The van der Waals surface area contributed by atoms with Crippen LogP contribution in [0.3, 0.4) is 0 Å². The van der Waals surface area contributed by atoms with Crippen LogP contribution < -0.4 is 9.47 Å². The van der Waals surface area contributed by atoms with Crippen molar-refractivity contribution in [2.75, 3.05) is 6.79 Å². The van der Waals surface area contributed by atoms with Crippen LogP contribution in [0.15, 0.2) is 84.9 Å². The molecule has 5 N–H and O–H groups in total. The maximum atomic E-state index is 12.8. The van der Waals surface area contributed by atoms with Crippen molar-refractivity contribution in [1.82, 2.24) is 0 Å². The minimum absolute atomic E-state index is 0.0569. The normalized spacial score (nSPS) is 14.7. The quantitative estimate of drug-likeness (QED) is 0.103. The predicted octanol–water partition coefficient (Wildman–Crippen LogP) is 18.5. The largest absolute Gasteiger partial charge is 0.507 e. The third-order valence-electron chi connectivity index (χ3n) is 18.0. The van der Waals surface area contributed by atoms with Crippen LogP contribution in [-0.4, -0.2) is 32.3 Å². The Hall–Kier alpha value is -6.86. The molecule has 7 aromatic rings. The molecular formula is C78H98O7. The number of phenolic OH excluding ortho intramolecular Hbond substituents is 5. The van der Waals surface area contributed by atoms with E-state index in [0.717, 1.165) is 83.8 Å². The van der Waals surface area contributed by atoms with Gasteiger partial charge in [-0.2, -0.15) is 0 Å². The van der Waals surface area contributed by atoms with Crippen molar-refractivity contribution in [1.29, 1.82) is 0 Å². The van der Waals surface area contributed by atoms with E-state index in [-0.39, 0.29) is 99.1 Å². The number of phenols is 5. The Bertz CT molecular complexity index is 3510. The summed E-state index contributed by atoms with van der Waals surface area (Å²) in [6.45, 7) is 46.0. The van der Waals surface area contributed by atoms with E-state index in [0.29, 0.717) is 63.8 Å². The molecule has 0 saturated heterocycles. The number of hydrogen-bond acceptors (Lipinski definition) is 7. The van der Waals surface area contributed by atoms with Gasteiger partial charge in [-0.3, -0.25) is 0 Å². The van der Waals surface area contributed by atoms with Gasteiger partial charge in [0.2, 0.25) is 6.79 Å². The van der Waals surface area contributed by atoms with E-state index in [2.05, 4.69) is 230 Å². The predicted molar refractivity (Wildman–Crippen MR) is 350 cm³/mol. The second-order valence-electron chi connectivity index (χ2n) is 32.4. The first-order chi connectivity index (χ1) is 39.0. The second kappa shape index (κ2) is 21.8. The number of ether oxygens (including phenoxy) is 2. The van der Waals surface area contributed by atoms with Gasteiger partial charge in [0, 0.05) is 44.9 Å². The van der Waals surface area contributed by atoms with Gasteiger partial charge < -0.3 is 35.0 Å². The summed E-state index contributed by atoms with van der Waals surface area (Å²) in [5.41, 5.74) is 16.4. The highest BCUT2D eigenvalue weighted by atomic mass is 16.7. The van der Waals surface area contributed by atoms with E-state index in [1.807, 2.05) is 0 Å². The average molecular weight is 1150 g/mol. The summed E-state index contributed by atoms with van der Waals surface area (Å²) in [5, 5.41) is 63.8. The third kappa shape index (κ3) is 13.3. The Morgan fingerprint density at radius 3 is 0.471 bits per heavy atom. The van der Waals surface area contributed by atoms with Gasteiger partial charge in [-0.05, 0) is 155 Å². The first-order valence-electron chi connectivity index (χ1n) is 30.9. The standard InChI is InChI=1S/C78H98O7/c1-72(2,3)58-29-44-22-46-31-59(73(4,5)6)33-48(66(46)80)24-50-35-61(75(10,11)12)37-52(68(50)82)26-54-39-63(77(16,17)18)41-56-28-57-42-64(78(19,20)21)40-55(71(57)85-43-84-70(54)56)27-53-38-62(76(13,14)15)36-51(69(53)83)25-49-34-60(74(7,8)9)32-47(67(49)81)23-45(30-58)65(44)79/h29-42,79-83H,22-28,43H2,1-21H3. The minimum Gasteiger partial charge on any atom is -0.507 e. The highest BCUT2D eigenvalue weighted by Crippen LogP contribution is 2.47. The number of aromatic hydroxyl groups is 5. The zero-order valence-corrected chi connectivity index (χ0v) is 55.3. The van der Waals surface area contributed by atoms with Gasteiger partial charge in [-0.15, -0.1) is 0 Å². The molecule has 16 bridgehead atoms. The molecule has 7 nitrogen and oxygen atoms in total. The fourth-order valence-electron chi connectivity index (χ4n) is 12.2. The fraction of sp³-hybridized carbons (Fsp3) is 0.462. The number of hydrogen-bond donors (Lipinski definition) is 5. The van der Waals surface area contributed by atoms with Gasteiger partial charge in [0.25, 0.3) is 0 Å². The Morgan fingerprint density at radius 2 is 0.329 bits per heavy atom. The summed E-state index contributed by atoms with van der Waals surface area (Å²) in [5.74, 6) is 2.18. The van der Waals surface area contributed by atoms with Crippen LogP contribution in [0.2, 0.25) is 0 Å². The SMILES string of the molecule is CC(C)(C)c1cc2c(O)c(c1)Cc1cc(C(C)(C)C)cc(c1O)Cc1cc(C(C)(C)C)cc(c1O)Cc1cc(C(C)(C)C)cc3c1OCOc1c(cc(C(C)(C)C)cc1C3)Cc1cc(C(C)(C)C)cc(c1O)Cc1cc(C(C)(C)C)cc(c1O)C2. The average Bonchev–Trinajstić information content (AvgIpc) is 1.32. The molecule has 0 atom stereocenters. The molecule has 452 valence electrons. The summed E-state index contributed by atoms with van der Waals surface area (Å²) in [6, 6.07) is 30.0. The van der Waals surface area contributed by atoms with Crippen LogP contribution in [0.4, 0.5) is 0 Å². The van der Waals surface area contributed by atoms with Crippen LogP contribution in [-0.2, 0) is 82.9 Å². The van der Waals surface area contributed by atoms with Crippen LogP contribution in [0.25, 0.3) is 0 Å². The van der Waals surface area contributed by atoms with Crippen molar-refractivity contribution in [3.63, 3.8) is 0 Å². The molecule has 2 heterocycles. The van der Waals surface area contributed by atoms with Gasteiger partial charge in [-0.25, -0.2) is 0 Å². The number of benzene rings is 7. The minimum atomic E-state index is -0.318. The molecule has 0 saturated carbocycles. The number of rotatable bonds is 0. The molecule has 10 rings (SSSR count). The molecule has 1 aliphatic carbocycles. The Kier molecular flexibility index (Phi) is 16.1. The van der Waals surface area contributed by atoms with Crippen LogP contribution >= 0.6 is 0 Å². The van der Waals surface area contributed by atoms with Gasteiger partial charge >= 0.3 is 0 Å². The van der Waals surface area contributed by atoms with Crippen molar-refractivity contribution in [3.8, 4) is 40.2 Å². The Balaban J connectivity index is 1.36. The number of fused-ring (bicyclic) bond motifs is 2. The molecule has 7 heteroatoms. The van der Waals surface area contributed by atoms with Crippen LogP contribution in [0.1, 0.15) is 262 Å². The first-order valence-corrected chi connectivity index (χ1v) is 30.9. The summed E-state index contributed by atoms with van der Waals surface area (Å²) in [6.07, 6.45) is 2.27. The third-order valence-corrected chi connectivity index (χ3v) is 18.0. The van der Waals surface area contributed by atoms with Crippen molar-refractivity contribution in [3.05, 3.63) is 202 Å². The van der Waals surface area contributed by atoms with Gasteiger partial charge in [-0.1, -0.05) is 230 Å². The lowest BCUT2D eigenvalue weighted by Crippen LogP contribution is -2.19. The lowest BCUT2D eigenvalue weighted by Gasteiger charge is -2.29. The summed E-state index contributed by atoms with van der Waals surface area (Å²) < 4.78 is 13.8. The Morgan fingerprint density at radius 1 is 0.212 bits per heavy atom. The molecule has 0 amide bonds. The summed E-state index contributed by atoms with van der Waals surface area (Å²) >= 11 is 0. The zero-order chi connectivity index (χ0) is 62.6. The molecule has 0 fully saturated rings. The second-order valence-corrected chi connectivity index (χ2v) is 32.4. The van der Waals surface area contributed by atoms with E-state index >= 15 is 0 Å². The molecule has 0 unspecified atom stereocenters. The van der Waals surface area contributed by atoms with Gasteiger partial charge in [0.1, 0.15) is 40.2 Å². The lowest BCUT2D eigenvalue weighted by atomic mass is 9.79. The molecule has 3 aliphatic rings. The summed E-state index contributed by atoms with van der Waals surface area (Å²) in [7, 11) is 0. The van der Waals surface area contributed by atoms with Crippen LogP contribution in [0.5, 0.6) is 40.2 Å². The molecular weight excluding hydrogens is 1050 g/mol. The summed E-state index contributed by atoms with van der Waals surface area (Å²) in [4.78, 5) is 0. The van der Waals surface area contributed by atoms with Crippen molar-refractivity contribution in [2.45, 2.75) is 228 Å². The molecule has 2 aliphatic heterocycles. The highest BCUT2D eigenvalue weighted by Gasteiger charge is 2.32. The molecule has 0 radical (unpaired) electrons. The Labute approximate surface area is 509 Å². The maximum absolute atomic E-state index is 12.8. The van der Waals surface area contributed by atoms with E-state index in [9.17, 15) is 25.5 Å². The monoisotopic (exact) mass is 1150 g/mol. The molecule has 7 aromatic carbocycles. The van der Waals surface area contributed by atoms with Crippen molar-refractivity contribution < 1.29 is 35.0 Å². The van der Waals surface area contributed by atoms with E-state index in [1.54, 1.807) is 0 Å². The first kappa shape index (κ1) is 62.7.